The first-order valence-electron chi connectivity index (χ1n) is 6.91. The van der Waals surface area contributed by atoms with Gasteiger partial charge in [-0.2, -0.15) is 0 Å². The van der Waals surface area contributed by atoms with Gasteiger partial charge in [0.15, 0.2) is 0 Å². The van der Waals surface area contributed by atoms with Crippen molar-refractivity contribution in [2.75, 3.05) is 12.3 Å². The number of benzene rings is 1. The van der Waals surface area contributed by atoms with Crippen molar-refractivity contribution in [3.8, 4) is 0 Å². The van der Waals surface area contributed by atoms with Gasteiger partial charge in [-0.15, -0.1) is 0 Å². The highest BCUT2D eigenvalue weighted by Crippen LogP contribution is 2.16. The van der Waals surface area contributed by atoms with Crippen LogP contribution in [0.4, 0.5) is 5.69 Å². The summed E-state index contributed by atoms with van der Waals surface area (Å²) in [6, 6.07) is 7.76. The summed E-state index contributed by atoms with van der Waals surface area (Å²) in [4.78, 5) is 11.9. The summed E-state index contributed by atoms with van der Waals surface area (Å²) in [5.74, 6) is 0.0613. The number of rotatable bonds is 5. The maximum absolute atomic E-state index is 11.9. The van der Waals surface area contributed by atoms with Crippen LogP contribution in [-0.4, -0.2) is 24.7 Å². The van der Waals surface area contributed by atoms with Crippen LogP contribution in [0.5, 0.6) is 0 Å². The molecule has 1 aromatic carbocycles. The second-order valence-corrected chi connectivity index (χ2v) is 5.11. The number of aryl methyl sites for hydroxylation is 1. The summed E-state index contributed by atoms with van der Waals surface area (Å²) in [6.07, 6.45) is 3.44. The molecule has 3 N–H and O–H groups in total. The van der Waals surface area contributed by atoms with Crippen molar-refractivity contribution in [1.29, 1.82) is 0 Å². The lowest BCUT2D eigenvalue weighted by atomic mass is 10.1. The highest BCUT2D eigenvalue weighted by Gasteiger charge is 2.23. The molecule has 1 fully saturated rings. The fourth-order valence-electron chi connectivity index (χ4n) is 2.43. The van der Waals surface area contributed by atoms with Crippen LogP contribution >= 0.6 is 0 Å². The van der Waals surface area contributed by atoms with Crippen molar-refractivity contribution >= 4 is 11.6 Å². The van der Waals surface area contributed by atoms with E-state index in [0.29, 0.717) is 12.8 Å². The number of carbonyl (C=O) groups is 1. The average molecular weight is 262 g/mol. The van der Waals surface area contributed by atoms with Crippen LogP contribution in [-0.2, 0) is 16.0 Å². The molecule has 0 spiro atoms. The molecule has 1 heterocycles. The van der Waals surface area contributed by atoms with Gasteiger partial charge < -0.3 is 15.8 Å². The summed E-state index contributed by atoms with van der Waals surface area (Å²) >= 11 is 0. The number of carbonyl (C=O) groups excluding carboxylic acids is 1. The fourth-order valence-corrected chi connectivity index (χ4v) is 2.43. The summed E-state index contributed by atoms with van der Waals surface area (Å²) in [5, 5.41) is 3.01. The van der Waals surface area contributed by atoms with Crippen molar-refractivity contribution < 1.29 is 9.53 Å². The lowest BCUT2D eigenvalue weighted by molar-refractivity contribution is -0.122. The molecule has 19 heavy (non-hydrogen) atoms. The Morgan fingerprint density at radius 1 is 1.53 bits per heavy atom. The van der Waals surface area contributed by atoms with Crippen LogP contribution in [0.2, 0.25) is 0 Å². The number of nitrogens with two attached hydrogens (primary N) is 1. The van der Waals surface area contributed by atoms with Crippen molar-refractivity contribution in [3.05, 3.63) is 29.8 Å². The smallest absolute Gasteiger partial charge is 0.220 e. The minimum Gasteiger partial charge on any atom is -0.399 e. The largest absolute Gasteiger partial charge is 0.399 e. The number of ether oxygens (including phenoxy) is 1. The molecule has 0 aliphatic carbocycles. The molecule has 0 bridgehead atoms. The lowest BCUT2D eigenvalue weighted by Crippen LogP contribution is -2.40. The van der Waals surface area contributed by atoms with Gasteiger partial charge in [-0.1, -0.05) is 18.2 Å². The minimum absolute atomic E-state index is 0.0613. The van der Waals surface area contributed by atoms with Crippen LogP contribution in [0.15, 0.2) is 24.3 Å². The van der Waals surface area contributed by atoms with Gasteiger partial charge in [-0.05, 0) is 37.8 Å². The number of hydrogen-bond donors (Lipinski definition) is 2. The maximum Gasteiger partial charge on any atom is 0.220 e. The van der Waals surface area contributed by atoms with Crippen LogP contribution in [0.25, 0.3) is 0 Å². The van der Waals surface area contributed by atoms with E-state index in [1.54, 1.807) is 0 Å². The number of hydrogen-bond acceptors (Lipinski definition) is 3. The Labute approximate surface area is 114 Å². The molecular formula is C15H22N2O2. The van der Waals surface area contributed by atoms with Gasteiger partial charge >= 0.3 is 0 Å². The molecule has 1 saturated heterocycles. The van der Waals surface area contributed by atoms with Gasteiger partial charge in [0.1, 0.15) is 0 Å². The van der Waals surface area contributed by atoms with Gasteiger partial charge in [0.05, 0.1) is 12.1 Å². The molecule has 104 valence electrons. The molecule has 0 aromatic heterocycles. The Kier molecular flexibility index (Phi) is 4.80. The Bertz CT molecular complexity index is 428. The first-order chi connectivity index (χ1) is 9.16. The van der Waals surface area contributed by atoms with E-state index in [-0.39, 0.29) is 18.1 Å². The molecule has 0 radical (unpaired) electrons. The normalized spacial score (nSPS) is 20.2. The second kappa shape index (κ2) is 6.57. The molecule has 1 aromatic rings. The topological polar surface area (TPSA) is 64.4 Å². The molecule has 1 aliphatic rings. The molecule has 4 heteroatoms. The number of para-hydroxylation sites is 1. The standard InChI is InChI=1S/C15H22N2O2/c1-11(14-7-4-10-19-14)17-15(18)9-8-12-5-2-3-6-13(12)16/h2-3,5-6,11,14H,4,7-10,16H2,1H3,(H,17,18). The lowest BCUT2D eigenvalue weighted by Gasteiger charge is -2.20. The highest BCUT2D eigenvalue weighted by molar-refractivity contribution is 5.76. The maximum atomic E-state index is 11.9. The van der Waals surface area contributed by atoms with E-state index < -0.39 is 0 Å². The van der Waals surface area contributed by atoms with E-state index in [1.807, 2.05) is 31.2 Å². The minimum atomic E-state index is 0.0613. The van der Waals surface area contributed by atoms with E-state index in [2.05, 4.69) is 5.32 Å². The average Bonchev–Trinajstić information content (AvgIpc) is 2.91. The molecule has 1 aliphatic heterocycles. The van der Waals surface area contributed by atoms with Crippen LogP contribution in [0.3, 0.4) is 0 Å². The van der Waals surface area contributed by atoms with E-state index in [0.717, 1.165) is 30.7 Å². The summed E-state index contributed by atoms with van der Waals surface area (Å²) in [7, 11) is 0. The molecule has 4 nitrogen and oxygen atoms in total. The zero-order valence-electron chi connectivity index (χ0n) is 11.4. The summed E-state index contributed by atoms with van der Waals surface area (Å²) in [6.45, 7) is 2.82. The first kappa shape index (κ1) is 13.9. The molecule has 2 unspecified atom stereocenters. The molecule has 1 amide bonds. The van der Waals surface area contributed by atoms with Gasteiger partial charge in [0.25, 0.3) is 0 Å². The van der Waals surface area contributed by atoms with Crippen molar-refractivity contribution in [2.24, 2.45) is 0 Å². The third-order valence-corrected chi connectivity index (χ3v) is 3.59. The Hall–Kier alpha value is -1.55. The fraction of sp³-hybridized carbons (Fsp3) is 0.533. The Morgan fingerprint density at radius 2 is 2.32 bits per heavy atom. The van der Waals surface area contributed by atoms with Gasteiger partial charge in [0.2, 0.25) is 5.91 Å². The molecule has 2 atom stereocenters. The van der Waals surface area contributed by atoms with Gasteiger partial charge in [0, 0.05) is 18.7 Å². The summed E-state index contributed by atoms with van der Waals surface area (Å²) < 4.78 is 5.56. The first-order valence-corrected chi connectivity index (χ1v) is 6.91. The van der Waals surface area contributed by atoms with E-state index >= 15 is 0 Å². The zero-order chi connectivity index (χ0) is 13.7. The third kappa shape index (κ3) is 3.96. The van der Waals surface area contributed by atoms with Gasteiger partial charge in [-0.25, -0.2) is 0 Å². The van der Waals surface area contributed by atoms with Crippen molar-refractivity contribution in [3.63, 3.8) is 0 Å². The Morgan fingerprint density at radius 3 is 3.00 bits per heavy atom. The van der Waals surface area contributed by atoms with E-state index in [1.165, 1.54) is 0 Å². The predicted octanol–water partition coefficient (Wildman–Crippen LogP) is 1.89. The number of amides is 1. The summed E-state index contributed by atoms with van der Waals surface area (Å²) in [5.41, 5.74) is 7.64. The number of anilines is 1. The van der Waals surface area contributed by atoms with Crippen LogP contribution < -0.4 is 11.1 Å². The molecular weight excluding hydrogens is 240 g/mol. The monoisotopic (exact) mass is 262 g/mol. The van der Waals surface area contributed by atoms with Crippen LogP contribution in [0.1, 0.15) is 31.7 Å². The van der Waals surface area contributed by atoms with E-state index in [9.17, 15) is 4.79 Å². The Balaban J connectivity index is 1.77. The van der Waals surface area contributed by atoms with Crippen molar-refractivity contribution in [1.82, 2.24) is 5.32 Å². The second-order valence-electron chi connectivity index (χ2n) is 5.11. The number of nitrogen functional groups attached to an aromatic ring is 1. The molecule has 0 saturated carbocycles. The van der Waals surface area contributed by atoms with E-state index in [4.69, 9.17) is 10.5 Å². The predicted molar refractivity (Wildman–Crippen MR) is 75.8 cm³/mol. The highest BCUT2D eigenvalue weighted by atomic mass is 16.5. The van der Waals surface area contributed by atoms with Crippen LogP contribution in [0, 0.1) is 0 Å². The third-order valence-electron chi connectivity index (χ3n) is 3.59. The van der Waals surface area contributed by atoms with Gasteiger partial charge in [-0.3, -0.25) is 4.79 Å². The number of nitrogens with one attached hydrogen (secondary N) is 1. The van der Waals surface area contributed by atoms with Crippen molar-refractivity contribution in [2.45, 2.75) is 44.8 Å². The quantitative estimate of drug-likeness (QED) is 0.796. The SMILES string of the molecule is CC(NC(=O)CCc1ccccc1N)C1CCCO1. The zero-order valence-corrected chi connectivity index (χ0v) is 11.4. The molecule has 2 rings (SSSR count).